The molecule has 0 saturated heterocycles. The average Bonchev–Trinajstić information content (AvgIpc) is 2.84. The molecule has 0 saturated carbocycles. The first-order valence-corrected chi connectivity index (χ1v) is 7.39. The number of anilines is 1. The van der Waals surface area contributed by atoms with E-state index in [1.54, 1.807) is 0 Å². The van der Waals surface area contributed by atoms with Crippen molar-refractivity contribution < 1.29 is 0 Å². The van der Waals surface area contributed by atoms with Gasteiger partial charge in [-0.15, -0.1) is 11.3 Å². The van der Waals surface area contributed by atoms with Crippen LogP contribution in [0.15, 0.2) is 47.8 Å². The summed E-state index contributed by atoms with van der Waals surface area (Å²) < 4.78 is 1.36. The lowest BCUT2D eigenvalue weighted by Gasteiger charge is -2.11. The molecule has 2 heteroatoms. The molecular formula is C17H17NS. The summed E-state index contributed by atoms with van der Waals surface area (Å²) in [6, 6.07) is 15.0. The fourth-order valence-corrected chi connectivity index (χ4v) is 3.27. The van der Waals surface area contributed by atoms with Crippen LogP contribution in [0.4, 0.5) is 5.69 Å². The van der Waals surface area contributed by atoms with E-state index in [2.05, 4.69) is 67.0 Å². The molecule has 0 aliphatic carbocycles. The smallest absolute Gasteiger partial charge is 0.0415 e. The number of hydrogen-bond acceptors (Lipinski definition) is 2. The number of hydrogen-bond donors (Lipinski definition) is 1. The minimum absolute atomic E-state index is 0.883. The zero-order valence-electron chi connectivity index (χ0n) is 11.2. The lowest BCUT2D eigenvalue weighted by atomic mass is 10.1. The first kappa shape index (κ1) is 12.2. The number of nitrogens with one attached hydrogen (secondary N) is 1. The maximum absolute atomic E-state index is 3.55. The van der Waals surface area contributed by atoms with Crippen molar-refractivity contribution in [2.45, 2.75) is 20.4 Å². The van der Waals surface area contributed by atoms with Gasteiger partial charge in [0.2, 0.25) is 0 Å². The molecule has 3 aromatic rings. The molecule has 0 aliphatic rings. The lowest BCUT2D eigenvalue weighted by molar-refractivity contribution is 1.16. The van der Waals surface area contributed by atoms with Crippen LogP contribution in [0.5, 0.6) is 0 Å². The second-order valence-corrected chi connectivity index (χ2v) is 5.77. The Labute approximate surface area is 117 Å². The highest BCUT2D eigenvalue weighted by Crippen LogP contribution is 2.27. The predicted molar refractivity (Wildman–Crippen MR) is 85.1 cm³/mol. The molecule has 1 aromatic heterocycles. The van der Waals surface area contributed by atoms with E-state index < -0.39 is 0 Å². The van der Waals surface area contributed by atoms with E-state index in [1.165, 1.54) is 32.5 Å². The molecular weight excluding hydrogens is 250 g/mol. The van der Waals surface area contributed by atoms with Crippen molar-refractivity contribution in [2.75, 3.05) is 5.32 Å². The molecule has 0 fully saturated rings. The maximum Gasteiger partial charge on any atom is 0.0415 e. The highest BCUT2D eigenvalue weighted by molar-refractivity contribution is 7.17. The van der Waals surface area contributed by atoms with Crippen LogP contribution in [0.1, 0.15) is 16.7 Å². The monoisotopic (exact) mass is 267 g/mol. The Kier molecular flexibility index (Phi) is 3.26. The summed E-state index contributed by atoms with van der Waals surface area (Å²) in [5.74, 6) is 0. The Morgan fingerprint density at radius 3 is 2.74 bits per heavy atom. The molecule has 0 amide bonds. The van der Waals surface area contributed by atoms with Crippen LogP contribution in [0.25, 0.3) is 10.1 Å². The number of benzene rings is 2. The molecule has 0 atom stereocenters. The Morgan fingerprint density at radius 2 is 1.84 bits per heavy atom. The van der Waals surface area contributed by atoms with Gasteiger partial charge in [0, 0.05) is 16.9 Å². The first-order chi connectivity index (χ1) is 9.25. The first-order valence-electron chi connectivity index (χ1n) is 6.51. The van der Waals surface area contributed by atoms with Crippen LogP contribution in [-0.2, 0) is 6.54 Å². The number of aryl methyl sites for hydroxylation is 1. The normalized spacial score (nSPS) is 10.8. The zero-order valence-corrected chi connectivity index (χ0v) is 12.1. The van der Waals surface area contributed by atoms with E-state index in [-0.39, 0.29) is 0 Å². The zero-order chi connectivity index (χ0) is 13.2. The molecule has 0 bridgehead atoms. The van der Waals surface area contributed by atoms with Gasteiger partial charge in [-0.2, -0.15) is 0 Å². The molecule has 19 heavy (non-hydrogen) atoms. The van der Waals surface area contributed by atoms with Crippen LogP contribution < -0.4 is 5.32 Å². The van der Waals surface area contributed by atoms with Gasteiger partial charge < -0.3 is 5.32 Å². The molecule has 2 aromatic carbocycles. The van der Waals surface area contributed by atoms with Crippen molar-refractivity contribution >= 4 is 27.1 Å². The second-order valence-electron chi connectivity index (χ2n) is 4.86. The summed E-state index contributed by atoms with van der Waals surface area (Å²) >= 11 is 1.82. The minimum atomic E-state index is 0.883. The van der Waals surface area contributed by atoms with Gasteiger partial charge in [0.15, 0.2) is 0 Å². The Hall–Kier alpha value is -1.80. The van der Waals surface area contributed by atoms with E-state index in [4.69, 9.17) is 0 Å². The second kappa shape index (κ2) is 5.06. The largest absolute Gasteiger partial charge is 0.381 e. The summed E-state index contributed by atoms with van der Waals surface area (Å²) in [4.78, 5) is 0. The highest BCUT2D eigenvalue weighted by Gasteiger charge is 2.04. The third-order valence-electron chi connectivity index (χ3n) is 3.64. The average molecular weight is 267 g/mol. The van der Waals surface area contributed by atoms with Crippen molar-refractivity contribution in [3.63, 3.8) is 0 Å². The molecule has 0 radical (unpaired) electrons. The van der Waals surface area contributed by atoms with E-state index in [0.717, 1.165) is 6.54 Å². The van der Waals surface area contributed by atoms with Gasteiger partial charge in [0.1, 0.15) is 0 Å². The summed E-state index contributed by atoms with van der Waals surface area (Å²) in [5.41, 5.74) is 5.28. The number of thiophene rings is 1. The van der Waals surface area contributed by atoms with Crippen LogP contribution >= 0.6 is 11.3 Å². The summed E-state index contributed by atoms with van der Waals surface area (Å²) in [6.07, 6.45) is 0. The van der Waals surface area contributed by atoms with Crippen LogP contribution in [0.2, 0.25) is 0 Å². The number of rotatable bonds is 3. The summed E-state index contributed by atoms with van der Waals surface area (Å²) in [7, 11) is 0. The molecule has 0 unspecified atom stereocenters. The van der Waals surface area contributed by atoms with Gasteiger partial charge in [-0.3, -0.25) is 0 Å². The molecule has 96 valence electrons. The molecule has 0 aliphatic heterocycles. The maximum atomic E-state index is 3.55. The Balaban J connectivity index is 1.84. The van der Waals surface area contributed by atoms with Gasteiger partial charge in [0.05, 0.1) is 0 Å². The van der Waals surface area contributed by atoms with E-state index in [0.29, 0.717) is 0 Å². The standard InChI is InChI=1S/C17H17NS/c1-12-6-5-8-16(13(12)2)18-10-14-11-19-17-9-4-3-7-15(14)17/h3-9,11,18H,10H2,1-2H3. The summed E-state index contributed by atoms with van der Waals surface area (Å²) in [5, 5.41) is 7.17. The van der Waals surface area contributed by atoms with Gasteiger partial charge in [-0.25, -0.2) is 0 Å². The fourth-order valence-electron chi connectivity index (χ4n) is 2.30. The third-order valence-corrected chi connectivity index (χ3v) is 4.65. The predicted octanol–water partition coefficient (Wildman–Crippen LogP) is 5.13. The van der Waals surface area contributed by atoms with E-state index >= 15 is 0 Å². The van der Waals surface area contributed by atoms with E-state index in [1.807, 2.05) is 11.3 Å². The molecule has 1 nitrogen and oxygen atoms in total. The number of fused-ring (bicyclic) bond motifs is 1. The Morgan fingerprint density at radius 1 is 1.00 bits per heavy atom. The van der Waals surface area contributed by atoms with Gasteiger partial charge in [-0.1, -0.05) is 30.3 Å². The van der Waals surface area contributed by atoms with Crippen LogP contribution in [-0.4, -0.2) is 0 Å². The quantitative estimate of drug-likeness (QED) is 0.693. The van der Waals surface area contributed by atoms with E-state index in [9.17, 15) is 0 Å². The van der Waals surface area contributed by atoms with Gasteiger partial charge in [0.25, 0.3) is 0 Å². The van der Waals surface area contributed by atoms with Crippen LogP contribution in [0.3, 0.4) is 0 Å². The van der Waals surface area contributed by atoms with Crippen molar-refractivity contribution in [1.82, 2.24) is 0 Å². The molecule has 1 heterocycles. The van der Waals surface area contributed by atoms with Crippen LogP contribution in [0, 0.1) is 13.8 Å². The fraction of sp³-hybridized carbons (Fsp3) is 0.176. The minimum Gasteiger partial charge on any atom is -0.381 e. The summed E-state index contributed by atoms with van der Waals surface area (Å²) in [6.45, 7) is 5.21. The molecule has 1 N–H and O–H groups in total. The highest BCUT2D eigenvalue weighted by atomic mass is 32.1. The third kappa shape index (κ3) is 2.36. The van der Waals surface area contributed by atoms with Crippen molar-refractivity contribution in [3.05, 3.63) is 64.5 Å². The van der Waals surface area contributed by atoms with Gasteiger partial charge >= 0.3 is 0 Å². The van der Waals surface area contributed by atoms with Crippen molar-refractivity contribution in [1.29, 1.82) is 0 Å². The SMILES string of the molecule is Cc1cccc(NCc2csc3ccccc23)c1C. The topological polar surface area (TPSA) is 12.0 Å². The van der Waals surface area contributed by atoms with Gasteiger partial charge in [-0.05, 0) is 53.4 Å². The lowest BCUT2D eigenvalue weighted by Crippen LogP contribution is -2.01. The molecule has 3 rings (SSSR count). The van der Waals surface area contributed by atoms with Crippen molar-refractivity contribution in [3.8, 4) is 0 Å². The Bertz CT molecular complexity index is 712. The van der Waals surface area contributed by atoms with Crippen molar-refractivity contribution in [2.24, 2.45) is 0 Å². The molecule has 0 spiro atoms.